The first-order valence-electron chi connectivity index (χ1n) is 6.85. The first-order valence-corrected chi connectivity index (χ1v) is 6.85. The van der Waals surface area contributed by atoms with E-state index < -0.39 is 11.9 Å². The maximum Gasteiger partial charge on any atom is 0.307 e. The van der Waals surface area contributed by atoms with Gasteiger partial charge in [-0.25, -0.2) is 4.39 Å². The van der Waals surface area contributed by atoms with Crippen molar-refractivity contribution in [2.75, 3.05) is 0 Å². The van der Waals surface area contributed by atoms with Crippen LogP contribution in [0.15, 0.2) is 24.3 Å². The smallest absolute Gasteiger partial charge is 0.307 e. The van der Waals surface area contributed by atoms with Gasteiger partial charge in [-0.05, 0) is 37.0 Å². The molecule has 3 rings (SSSR count). The topological polar surface area (TPSA) is 66.4 Å². The zero-order valence-corrected chi connectivity index (χ0v) is 10.9. The molecule has 0 aromatic heterocycles. The molecule has 2 aliphatic rings. The van der Waals surface area contributed by atoms with Crippen molar-refractivity contribution in [1.82, 2.24) is 5.32 Å². The van der Waals surface area contributed by atoms with E-state index in [1.54, 1.807) is 12.1 Å². The standard InChI is InChI=1S/C15H16FNO3/c16-9-3-1-8(2-4-9)12-7-13(12)17-14(18)10-5-6-11(10)15(19)20/h1-4,10-13H,5-7H2,(H,17,18)(H,19,20)/t10?,11?,12-,13+/m0/s1. The number of carboxylic acid groups (broad SMARTS) is 1. The molecule has 2 fully saturated rings. The summed E-state index contributed by atoms with van der Waals surface area (Å²) in [4.78, 5) is 22.9. The minimum Gasteiger partial charge on any atom is -0.481 e. The number of nitrogens with one attached hydrogen (secondary N) is 1. The van der Waals surface area contributed by atoms with Crippen molar-refractivity contribution in [3.05, 3.63) is 35.6 Å². The van der Waals surface area contributed by atoms with Crippen LogP contribution in [0.1, 0.15) is 30.7 Å². The van der Waals surface area contributed by atoms with Crippen LogP contribution in [0.4, 0.5) is 4.39 Å². The van der Waals surface area contributed by atoms with Crippen LogP contribution in [0.3, 0.4) is 0 Å². The van der Waals surface area contributed by atoms with Crippen LogP contribution >= 0.6 is 0 Å². The van der Waals surface area contributed by atoms with Gasteiger partial charge in [0.15, 0.2) is 0 Å². The lowest BCUT2D eigenvalue weighted by atomic mass is 9.73. The Bertz CT molecular complexity index is 543. The van der Waals surface area contributed by atoms with Crippen LogP contribution in [0.25, 0.3) is 0 Å². The number of hydrogen-bond acceptors (Lipinski definition) is 2. The van der Waals surface area contributed by atoms with E-state index in [-0.39, 0.29) is 29.6 Å². The number of benzene rings is 1. The first-order chi connectivity index (χ1) is 9.56. The van der Waals surface area contributed by atoms with E-state index in [4.69, 9.17) is 5.11 Å². The molecule has 0 aliphatic heterocycles. The number of halogens is 1. The summed E-state index contributed by atoms with van der Waals surface area (Å²) in [6.07, 6.45) is 2.07. The summed E-state index contributed by atoms with van der Waals surface area (Å²) in [5.74, 6) is -2.00. The van der Waals surface area contributed by atoms with Gasteiger partial charge in [0.05, 0.1) is 11.8 Å². The highest BCUT2D eigenvalue weighted by atomic mass is 19.1. The summed E-state index contributed by atoms with van der Waals surface area (Å²) in [5.41, 5.74) is 1.01. The van der Waals surface area contributed by atoms with E-state index >= 15 is 0 Å². The Morgan fingerprint density at radius 2 is 1.80 bits per heavy atom. The predicted octanol–water partition coefficient (Wildman–Crippen LogP) is 1.91. The monoisotopic (exact) mass is 277 g/mol. The van der Waals surface area contributed by atoms with Crippen molar-refractivity contribution in [3.8, 4) is 0 Å². The predicted molar refractivity (Wildman–Crippen MR) is 69.5 cm³/mol. The quantitative estimate of drug-likeness (QED) is 0.883. The van der Waals surface area contributed by atoms with Crippen molar-refractivity contribution < 1.29 is 19.1 Å². The van der Waals surface area contributed by atoms with E-state index in [0.717, 1.165) is 12.0 Å². The Morgan fingerprint density at radius 3 is 2.35 bits per heavy atom. The van der Waals surface area contributed by atoms with Crippen molar-refractivity contribution in [1.29, 1.82) is 0 Å². The first kappa shape index (κ1) is 13.1. The Hall–Kier alpha value is -1.91. The zero-order valence-electron chi connectivity index (χ0n) is 10.9. The molecule has 106 valence electrons. The Labute approximate surface area is 116 Å². The molecule has 2 aliphatic carbocycles. The average molecular weight is 277 g/mol. The second-order valence-corrected chi connectivity index (χ2v) is 5.64. The molecule has 2 N–H and O–H groups in total. The fourth-order valence-corrected chi connectivity index (χ4v) is 2.83. The lowest BCUT2D eigenvalue weighted by Crippen LogP contribution is -2.44. The fraction of sp³-hybridized carbons (Fsp3) is 0.467. The van der Waals surface area contributed by atoms with Crippen LogP contribution in [-0.2, 0) is 9.59 Å². The molecule has 0 saturated heterocycles. The maximum absolute atomic E-state index is 12.8. The number of carbonyl (C=O) groups excluding carboxylic acids is 1. The molecule has 0 radical (unpaired) electrons. The van der Waals surface area contributed by atoms with Crippen LogP contribution in [-0.4, -0.2) is 23.0 Å². The van der Waals surface area contributed by atoms with Gasteiger partial charge in [-0.2, -0.15) is 0 Å². The Kier molecular flexibility index (Phi) is 3.20. The van der Waals surface area contributed by atoms with Gasteiger partial charge in [0.25, 0.3) is 0 Å². The third-order valence-corrected chi connectivity index (χ3v) is 4.34. The molecule has 0 spiro atoms. The van der Waals surface area contributed by atoms with Gasteiger partial charge in [0.1, 0.15) is 5.82 Å². The van der Waals surface area contributed by atoms with Crippen molar-refractivity contribution in [2.24, 2.45) is 11.8 Å². The van der Waals surface area contributed by atoms with Gasteiger partial charge in [-0.3, -0.25) is 9.59 Å². The van der Waals surface area contributed by atoms with Crippen LogP contribution < -0.4 is 5.32 Å². The molecule has 4 atom stereocenters. The largest absolute Gasteiger partial charge is 0.481 e. The summed E-state index contributed by atoms with van der Waals surface area (Å²) in [7, 11) is 0. The second kappa shape index (κ2) is 4.89. The minimum absolute atomic E-state index is 0.0583. The van der Waals surface area contributed by atoms with Gasteiger partial charge in [0.2, 0.25) is 5.91 Å². The molecule has 1 aromatic rings. The molecule has 2 unspecified atom stereocenters. The van der Waals surface area contributed by atoms with Gasteiger partial charge in [-0.1, -0.05) is 12.1 Å². The molecule has 2 saturated carbocycles. The van der Waals surface area contributed by atoms with Crippen molar-refractivity contribution >= 4 is 11.9 Å². The number of aliphatic carboxylic acids is 1. The molecule has 5 heteroatoms. The van der Waals surface area contributed by atoms with Gasteiger partial charge < -0.3 is 10.4 Å². The molecule has 0 heterocycles. The van der Waals surface area contributed by atoms with Gasteiger partial charge in [0, 0.05) is 12.0 Å². The van der Waals surface area contributed by atoms with Crippen molar-refractivity contribution in [2.45, 2.75) is 31.2 Å². The minimum atomic E-state index is -0.887. The lowest BCUT2D eigenvalue weighted by molar-refractivity contribution is -0.152. The third-order valence-electron chi connectivity index (χ3n) is 4.34. The van der Waals surface area contributed by atoms with E-state index in [1.165, 1.54) is 12.1 Å². The summed E-state index contributed by atoms with van der Waals surface area (Å²) >= 11 is 0. The van der Waals surface area contributed by atoms with E-state index in [1.807, 2.05) is 0 Å². The molecule has 20 heavy (non-hydrogen) atoms. The number of amides is 1. The molecule has 1 aromatic carbocycles. The number of hydrogen-bond donors (Lipinski definition) is 2. The fourth-order valence-electron chi connectivity index (χ4n) is 2.83. The number of carboxylic acids is 1. The van der Waals surface area contributed by atoms with Gasteiger partial charge in [-0.15, -0.1) is 0 Å². The molecule has 4 nitrogen and oxygen atoms in total. The van der Waals surface area contributed by atoms with Crippen LogP contribution in [0, 0.1) is 17.7 Å². The zero-order chi connectivity index (χ0) is 14.3. The van der Waals surface area contributed by atoms with E-state index in [2.05, 4.69) is 5.32 Å². The summed E-state index contributed by atoms with van der Waals surface area (Å²) in [6.45, 7) is 0. The summed E-state index contributed by atoms with van der Waals surface area (Å²) in [5, 5.41) is 11.9. The Morgan fingerprint density at radius 1 is 1.15 bits per heavy atom. The van der Waals surface area contributed by atoms with E-state index in [9.17, 15) is 14.0 Å². The summed E-state index contributed by atoms with van der Waals surface area (Å²) < 4.78 is 12.8. The second-order valence-electron chi connectivity index (χ2n) is 5.64. The highest BCUT2D eigenvalue weighted by molar-refractivity contribution is 5.86. The maximum atomic E-state index is 12.8. The molecule has 0 bridgehead atoms. The third kappa shape index (κ3) is 2.40. The highest BCUT2D eigenvalue weighted by Gasteiger charge is 2.45. The lowest BCUT2D eigenvalue weighted by Gasteiger charge is -2.32. The molecule has 1 amide bonds. The highest BCUT2D eigenvalue weighted by Crippen LogP contribution is 2.42. The SMILES string of the molecule is O=C(O)C1CCC1C(=O)N[C@@H]1C[C@H]1c1ccc(F)cc1. The average Bonchev–Trinajstić information content (AvgIpc) is 3.06. The van der Waals surface area contributed by atoms with Gasteiger partial charge >= 0.3 is 5.97 Å². The van der Waals surface area contributed by atoms with Crippen molar-refractivity contribution in [3.63, 3.8) is 0 Å². The molecular weight excluding hydrogens is 261 g/mol. The normalized spacial score (nSPS) is 31.2. The molecular formula is C15H16FNO3. The van der Waals surface area contributed by atoms with Crippen LogP contribution in [0.2, 0.25) is 0 Å². The van der Waals surface area contributed by atoms with E-state index in [0.29, 0.717) is 12.8 Å². The number of rotatable bonds is 4. The van der Waals surface area contributed by atoms with Crippen LogP contribution in [0.5, 0.6) is 0 Å². The Balaban J connectivity index is 1.54. The summed E-state index contributed by atoms with van der Waals surface area (Å²) in [6, 6.07) is 6.35. The number of carbonyl (C=O) groups is 2.